The Kier molecular flexibility index (Phi) is 4.56. The third kappa shape index (κ3) is 3.76. The molecule has 0 radical (unpaired) electrons. The van der Waals surface area contributed by atoms with Gasteiger partial charge < -0.3 is 9.64 Å². The van der Waals surface area contributed by atoms with Crippen molar-refractivity contribution in [3.05, 3.63) is 47.5 Å². The third-order valence-corrected chi connectivity index (χ3v) is 4.62. The number of anilines is 1. The first kappa shape index (κ1) is 16.0. The lowest BCUT2D eigenvalue weighted by molar-refractivity contribution is 0.115. The average molecular weight is 338 g/mol. The van der Waals surface area contributed by atoms with E-state index in [1.807, 2.05) is 12.1 Å². The van der Waals surface area contributed by atoms with Crippen molar-refractivity contribution < 1.29 is 4.74 Å². The summed E-state index contributed by atoms with van der Waals surface area (Å²) in [6, 6.07) is 12.6. The molecule has 0 spiro atoms. The van der Waals surface area contributed by atoms with Crippen LogP contribution in [0.3, 0.4) is 0 Å². The highest BCUT2D eigenvalue weighted by Crippen LogP contribution is 2.18. The van der Waals surface area contributed by atoms with Crippen LogP contribution in [0.2, 0.25) is 0 Å². The summed E-state index contributed by atoms with van der Waals surface area (Å²) in [5, 5.41) is 16.0. The van der Waals surface area contributed by atoms with E-state index in [2.05, 4.69) is 56.7 Å². The number of aromatic nitrogens is 5. The number of ether oxygens (including phenoxy) is 1. The van der Waals surface area contributed by atoms with Crippen molar-refractivity contribution in [2.45, 2.75) is 32.3 Å². The highest BCUT2D eigenvalue weighted by molar-refractivity contribution is 5.44. The Balaban J connectivity index is 1.53. The normalized spacial score (nSPS) is 17.2. The fraction of sp³-hybridized carbons (Fsp3) is 0.444. The lowest BCUT2D eigenvalue weighted by Gasteiger charge is -2.26. The molecule has 2 aromatic heterocycles. The van der Waals surface area contributed by atoms with Crippen molar-refractivity contribution in [2.75, 3.05) is 24.6 Å². The van der Waals surface area contributed by atoms with Crippen LogP contribution in [0.15, 0.2) is 36.4 Å². The van der Waals surface area contributed by atoms with E-state index in [9.17, 15) is 0 Å². The first-order valence-corrected chi connectivity index (χ1v) is 8.75. The molecule has 7 nitrogen and oxygen atoms in total. The largest absolute Gasteiger partial charge is 0.376 e. The minimum Gasteiger partial charge on any atom is -0.376 e. The standard InChI is InChI=1S/C18H22N6O/c1-14-4-6-15(7-5-14)10-11-23(13-16-3-2-12-25-16)18-9-8-17-19-21-22-24(17)20-18/h4-9,16H,2-3,10-13H2,1H3/t16-/m0/s1. The van der Waals surface area contributed by atoms with Gasteiger partial charge in [-0.25, -0.2) is 0 Å². The summed E-state index contributed by atoms with van der Waals surface area (Å²) in [6.07, 6.45) is 3.47. The molecule has 0 aliphatic carbocycles. The molecule has 1 fully saturated rings. The molecule has 0 saturated carbocycles. The van der Waals surface area contributed by atoms with Crippen LogP contribution in [0.4, 0.5) is 5.82 Å². The second-order valence-corrected chi connectivity index (χ2v) is 6.53. The van der Waals surface area contributed by atoms with Crippen molar-refractivity contribution in [2.24, 2.45) is 0 Å². The number of hydrogen-bond donors (Lipinski definition) is 0. The molecule has 130 valence electrons. The number of nitrogens with zero attached hydrogens (tertiary/aromatic N) is 6. The predicted molar refractivity (Wildman–Crippen MR) is 94.6 cm³/mol. The molecule has 1 aromatic carbocycles. The summed E-state index contributed by atoms with van der Waals surface area (Å²) in [6.45, 7) is 4.69. The summed E-state index contributed by atoms with van der Waals surface area (Å²) in [5.74, 6) is 0.877. The molecule has 3 heterocycles. The van der Waals surface area contributed by atoms with Crippen molar-refractivity contribution in [1.29, 1.82) is 0 Å². The summed E-state index contributed by atoms with van der Waals surface area (Å²) >= 11 is 0. The number of fused-ring (bicyclic) bond motifs is 1. The van der Waals surface area contributed by atoms with Crippen molar-refractivity contribution in [3.63, 3.8) is 0 Å². The highest BCUT2D eigenvalue weighted by atomic mass is 16.5. The Bertz CT molecular complexity index is 825. The van der Waals surface area contributed by atoms with Crippen LogP contribution in [-0.2, 0) is 11.2 Å². The van der Waals surface area contributed by atoms with Crippen LogP contribution < -0.4 is 4.90 Å². The third-order valence-electron chi connectivity index (χ3n) is 4.62. The van der Waals surface area contributed by atoms with Crippen molar-refractivity contribution >= 4 is 11.5 Å². The number of aryl methyl sites for hydroxylation is 1. The fourth-order valence-corrected chi connectivity index (χ4v) is 3.16. The van der Waals surface area contributed by atoms with E-state index in [1.165, 1.54) is 15.8 Å². The Morgan fingerprint density at radius 1 is 1.20 bits per heavy atom. The molecular weight excluding hydrogens is 316 g/mol. The summed E-state index contributed by atoms with van der Waals surface area (Å²) in [4.78, 5) is 2.27. The van der Waals surface area contributed by atoms with Gasteiger partial charge in [-0.1, -0.05) is 29.8 Å². The molecule has 0 unspecified atom stereocenters. The first-order chi connectivity index (χ1) is 12.3. The minimum atomic E-state index is 0.268. The number of hydrogen-bond acceptors (Lipinski definition) is 6. The van der Waals surface area contributed by atoms with E-state index in [-0.39, 0.29) is 6.10 Å². The van der Waals surface area contributed by atoms with Gasteiger partial charge in [0.1, 0.15) is 0 Å². The molecule has 0 amide bonds. The number of rotatable bonds is 6. The molecule has 7 heteroatoms. The Hall–Kier alpha value is -2.54. The molecule has 1 atom stereocenters. The van der Waals surface area contributed by atoms with Crippen LogP contribution in [0.25, 0.3) is 5.65 Å². The Morgan fingerprint density at radius 3 is 2.88 bits per heavy atom. The highest BCUT2D eigenvalue weighted by Gasteiger charge is 2.20. The monoisotopic (exact) mass is 338 g/mol. The van der Waals surface area contributed by atoms with Gasteiger partial charge in [-0.05, 0) is 54.3 Å². The van der Waals surface area contributed by atoms with Crippen LogP contribution in [0.1, 0.15) is 24.0 Å². The first-order valence-electron chi connectivity index (χ1n) is 8.75. The smallest absolute Gasteiger partial charge is 0.200 e. The van der Waals surface area contributed by atoms with Gasteiger partial charge in [0.25, 0.3) is 0 Å². The summed E-state index contributed by atoms with van der Waals surface area (Å²) < 4.78 is 7.30. The van der Waals surface area contributed by atoms with Crippen LogP contribution >= 0.6 is 0 Å². The lowest BCUT2D eigenvalue weighted by Crippen LogP contribution is -2.34. The minimum absolute atomic E-state index is 0.268. The van der Waals surface area contributed by atoms with Gasteiger partial charge in [-0.2, -0.15) is 0 Å². The summed E-state index contributed by atoms with van der Waals surface area (Å²) in [5.41, 5.74) is 3.26. The number of tetrazole rings is 1. The maximum absolute atomic E-state index is 5.83. The molecular formula is C18H22N6O. The predicted octanol–water partition coefficient (Wildman–Crippen LogP) is 2.06. The van der Waals surface area contributed by atoms with Crippen LogP contribution in [0.5, 0.6) is 0 Å². The lowest BCUT2D eigenvalue weighted by atomic mass is 10.1. The maximum Gasteiger partial charge on any atom is 0.200 e. The van der Waals surface area contributed by atoms with Gasteiger partial charge in [-0.15, -0.1) is 14.8 Å². The molecule has 1 aliphatic rings. The van der Waals surface area contributed by atoms with Gasteiger partial charge >= 0.3 is 0 Å². The Labute approximate surface area is 146 Å². The average Bonchev–Trinajstić information content (AvgIpc) is 3.30. The molecule has 4 rings (SSSR count). The van der Waals surface area contributed by atoms with Gasteiger partial charge in [0.15, 0.2) is 11.5 Å². The molecule has 0 bridgehead atoms. The quantitative estimate of drug-likeness (QED) is 0.685. The van der Waals surface area contributed by atoms with E-state index in [0.717, 1.165) is 44.8 Å². The fourth-order valence-electron chi connectivity index (χ4n) is 3.16. The van der Waals surface area contributed by atoms with E-state index < -0.39 is 0 Å². The SMILES string of the molecule is Cc1ccc(CCN(C[C@@H]2CCCO2)c2ccc3nnnn3n2)cc1. The molecule has 1 saturated heterocycles. The van der Waals surface area contributed by atoms with E-state index in [1.54, 1.807) is 0 Å². The second kappa shape index (κ2) is 7.14. The van der Waals surface area contributed by atoms with Gasteiger partial charge in [0.2, 0.25) is 0 Å². The Morgan fingerprint density at radius 2 is 2.08 bits per heavy atom. The van der Waals surface area contributed by atoms with Crippen LogP contribution in [0, 0.1) is 6.92 Å². The zero-order valence-corrected chi connectivity index (χ0v) is 14.4. The molecule has 3 aromatic rings. The van der Waals surface area contributed by atoms with Gasteiger partial charge in [0, 0.05) is 19.7 Å². The van der Waals surface area contributed by atoms with Gasteiger partial charge in [-0.3, -0.25) is 0 Å². The van der Waals surface area contributed by atoms with Crippen molar-refractivity contribution in [3.8, 4) is 0 Å². The zero-order chi connectivity index (χ0) is 17.1. The topological polar surface area (TPSA) is 68.4 Å². The molecule has 1 aliphatic heterocycles. The zero-order valence-electron chi connectivity index (χ0n) is 14.4. The van der Waals surface area contributed by atoms with Crippen LogP contribution in [-0.4, -0.2) is 51.1 Å². The maximum atomic E-state index is 5.83. The summed E-state index contributed by atoms with van der Waals surface area (Å²) in [7, 11) is 0. The second-order valence-electron chi connectivity index (χ2n) is 6.53. The number of benzene rings is 1. The van der Waals surface area contributed by atoms with E-state index in [0.29, 0.717) is 5.65 Å². The van der Waals surface area contributed by atoms with Crippen molar-refractivity contribution in [1.82, 2.24) is 25.3 Å². The van der Waals surface area contributed by atoms with Gasteiger partial charge in [0.05, 0.1) is 6.10 Å². The molecule has 0 N–H and O–H groups in total. The van der Waals surface area contributed by atoms with E-state index >= 15 is 0 Å². The molecule has 25 heavy (non-hydrogen) atoms. The van der Waals surface area contributed by atoms with E-state index in [4.69, 9.17) is 4.74 Å².